The molecule has 1 heterocycles. The Labute approximate surface area is 79.9 Å². The molecule has 0 amide bonds. The second kappa shape index (κ2) is 5.22. The third kappa shape index (κ3) is 2.87. The van der Waals surface area contributed by atoms with Crippen molar-refractivity contribution in [1.82, 2.24) is 0 Å². The molecule has 1 rings (SSSR count). The number of hydrogen-bond donors (Lipinski definition) is 0. The molecule has 0 N–H and O–H groups in total. The van der Waals surface area contributed by atoms with E-state index in [9.17, 15) is 4.79 Å². The Morgan fingerprint density at radius 3 is 3.17 bits per heavy atom. The fourth-order valence-corrected chi connectivity index (χ4v) is 1.56. The maximum atomic E-state index is 11.2. The molecule has 12 heavy (non-hydrogen) atoms. The number of hydrogen-bond acceptors (Lipinski definition) is 4. The summed E-state index contributed by atoms with van der Waals surface area (Å²) in [6.07, 6.45) is 1.98. The van der Waals surface area contributed by atoms with Gasteiger partial charge in [-0.05, 0) is 17.7 Å². The molecule has 0 saturated heterocycles. The van der Waals surface area contributed by atoms with Crippen LogP contribution in [0.1, 0.15) is 10.4 Å². The third-order valence-electron chi connectivity index (χ3n) is 1.28. The molecule has 0 bridgehead atoms. The summed E-state index contributed by atoms with van der Waals surface area (Å²) >= 11 is 3.17. The molecule has 0 aliphatic rings. The van der Waals surface area contributed by atoms with Crippen LogP contribution >= 0.6 is 23.1 Å². The minimum absolute atomic E-state index is 0.217. The largest absolute Gasteiger partial charge is 0.461 e. The van der Waals surface area contributed by atoms with Crippen molar-refractivity contribution in [3.8, 4) is 0 Å². The lowest BCUT2D eigenvalue weighted by Gasteiger charge is -2.00. The van der Waals surface area contributed by atoms with Crippen molar-refractivity contribution in [3.63, 3.8) is 0 Å². The highest BCUT2D eigenvalue weighted by Crippen LogP contribution is 2.07. The predicted molar refractivity (Wildman–Crippen MR) is 53.0 cm³/mol. The number of esters is 1. The van der Waals surface area contributed by atoms with E-state index in [4.69, 9.17) is 4.74 Å². The molecule has 0 radical (unpaired) electrons. The fraction of sp³-hybridized carbons (Fsp3) is 0.375. The zero-order chi connectivity index (χ0) is 8.81. The monoisotopic (exact) mass is 202 g/mol. The van der Waals surface area contributed by atoms with Crippen LogP contribution in [-0.4, -0.2) is 24.6 Å². The van der Waals surface area contributed by atoms with Gasteiger partial charge in [-0.15, -0.1) is 0 Å². The average Bonchev–Trinajstić information content (AvgIpc) is 2.56. The van der Waals surface area contributed by atoms with Crippen LogP contribution in [0.25, 0.3) is 0 Å². The van der Waals surface area contributed by atoms with E-state index in [2.05, 4.69) is 0 Å². The molecule has 1 aromatic rings. The van der Waals surface area contributed by atoms with E-state index in [1.807, 2.05) is 11.6 Å². The van der Waals surface area contributed by atoms with E-state index < -0.39 is 0 Å². The maximum absolute atomic E-state index is 11.2. The molecule has 0 fully saturated rings. The molecular formula is C8H10O2S2. The van der Waals surface area contributed by atoms with Gasteiger partial charge in [0.25, 0.3) is 0 Å². The van der Waals surface area contributed by atoms with E-state index >= 15 is 0 Å². The normalized spacial score (nSPS) is 9.75. The maximum Gasteiger partial charge on any atom is 0.338 e. The van der Waals surface area contributed by atoms with Crippen molar-refractivity contribution in [2.24, 2.45) is 0 Å². The van der Waals surface area contributed by atoms with Crippen LogP contribution in [0, 0.1) is 0 Å². The smallest absolute Gasteiger partial charge is 0.338 e. The molecule has 0 aromatic carbocycles. The summed E-state index contributed by atoms with van der Waals surface area (Å²) in [5, 5.41) is 3.66. The Balaban J connectivity index is 2.30. The van der Waals surface area contributed by atoms with Crippen LogP contribution in [-0.2, 0) is 4.74 Å². The summed E-state index contributed by atoms with van der Waals surface area (Å²) in [5.74, 6) is 0.640. The van der Waals surface area contributed by atoms with Gasteiger partial charge in [0.15, 0.2) is 0 Å². The van der Waals surface area contributed by atoms with Crippen LogP contribution in [0.4, 0.5) is 0 Å². The SMILES string of the molecule is CSCCOC(=O)c1ccsc1. The van der Waals surface area contributed by atoms with Gasteiger partial charge in [0.05, 0.1) is 5.56 Å². The zero-order valence-electron chi connectivity index (χ0n) is 6.78. The van der Waals surface area contributed by atoms with Crippen LogP contribution in [0.3, 0.4) is 0 Å². The topological polar surface area (TPSA) is 26.3 Å². The van der Waals surface area contributed by atoms with Crippen molar-refractivity contribution in [1.29, 1.82) is 0 Å². The Morgan fingerprint density at radius 2 is 2.58 bits per heavy atom. The van der Waals surface area contributed by atoms with Gasteiger partial charge < -0.3 is 4.74 Å². The van der Waals surface area contributed by atoms with E-state index in [1.54, 1.807) is 23.2 Å². The summed E-state index contributed by atoms with van der Waals surface area (Å²) in [6, 6.07) is 1.77. The number of carbonyl (C=O) groups is 1. The molecule has 0 atom stereocenters. The summed E-state index contributed by atoms with van der Waals surface area (Å²) in [6.45, 7) is 0.496. The highest BCUT2D eigenvalue weighted by Gasteiger charge is 2.05. The van der Waals surface area contributed by atoms with Gasteiger partial charge in [-0.2, -0.15) is 23.1 Å². The van der Waals surface area contributed by atoms with Crippen molar-refractivity contribution in [2.75, 3.05) is 18.6 Å². The van der Waals surface area contributed by atoms with E-state index in [-0.39, 0.29) is 5.97 Å². The minimum atomic E-state index is -0.217. The number of thiophene rings is 1. The second-order valence-electron chi connectivity index (χ2n) is 2.14. The standard InChI is InChI=1S/C8H10O2S2/c1-11-5-3-10-8(9)7-2-4-12-6-7/h2,4,6H,3,5H2,1H3. The summed E-state index contributed by atoms with van der Waals surface area (Å²) in [7, 11) is 0. The van der Waals surface area contributed by atoms with Gasteiger partial charge in [-0.1, -0.05) is 0 Å². The zero-order valence-corrected chi connectivity index (χ0v) is 8.41. The molecule has 1 aromatic heterocycles. The van der Waals surface area contributed by atoms with Crippen LogP contribution in [0.15, 0.2) is 16.8 Å². The molecule has 4 heteroatoms. The molecule has 2 nitrogen and oxygen atoms in total. The average molecular weight is 202 g/mol. The Bertz CT molecular complexity index is 231. The van der Waals surface area contributed by atoms with Crippen LogP contribution < -0.4 is 0 Å². The van der Waals surface area contributed by atoms with Gasteiger partial charge >= 0.3 is 5.97 Å². The quantitative estimate of drug-likeness (QED) is 0.553. The minimum Gasteiger partial charge on any atom is -0.461 e. The lowest BCUT2D eigenvalue weighted by molar-refractivity contribution is 0.0531. The molecule has 0 aliphatic carbocycles. The lowest BCUT2D eigenvalue weighted by atomic mass is 10.3. The van der Waals surface area contributed by atoms with Gasteiger partial charge in [-0.3, -0.25) is 0 Å². The Kier molecular flexibility index (Phi) is 4.18. The molecule has 0 spiro atoms. The highest BCUT2D eigenvalue weighted by atomic mass is 32.2. The van der Waals surface area contributed by atoms with Crippen LogP contribution in [0.5, 0.6) is 0 Å². The van der Waals surface area contributed by atoms with E-state index in [1.165, 1.54) is 11.3 Å². The first kappa shape index (κ1) is 9.61. The summed E-state index contributed by atoms with van der Waals surface area (Å²) < 4.78 is 4.97. The predicted octanol–water partition coefficient (Wildman–Crippen LogP) is 2.27. The number of ether oxygens (including phenoxy) is 1. The van der Waals surface area contributed by atoms with Crippen molar-refractivity contribution < 1.29 is 9.53 Å². The first-order valence-corrected chi connectivity index (χ1v) is 5.86. The first-order valence-electron chi connectivity index (χ1n) is 3.53. The molecule has 66 valence electrons. The van der Waals surface area contributed by atoms with E-state index in [0.717, 1.165) is 5.75 Å². The Hall–Kier alpha value is -0.480. The molecule has 0 saturated carbocycles. The first-order chi connectivity index (χ1) is 5.84. The number of thioether (sulfide) groups is 1. The van der Waals surface area contributed by atoms with Crippen molar-refractivity contribution >= 4 is 29.1 Å². The number of carbonyl (C=O) groups excluding carboxylic acids is 1. The van der Waals surface area contributed by atoms with Gasteiger partial charge in [0, 0.05) is 11.1 Å². The molecular weight excluding hydrogens is 192 g/mol. The van der Waals surface area contributed by atoms with Gasteiger partial charge in [0.2, 0.25) is 0 Å². The highest BCUT2D eigenvalue weighted by molar-refractivity contribution is 7.98. The lowest BCUT2D eigenvalue weighted by Crippen LogP contribution is -2.06. The molecule has 0 unspecified atom stereocenters. The van der Waals surface area contributed by atoms with Gasteiger partial charge in [0.1, 0.15) is 6.61 Å². The van der Waals surface area contributed by atoms with Crippen LogP contribution in [0.2, 0.25) is 0 Å². The van der Waals surface area contributed by atoms with Crippen molar-refractivity contribution in [3.05, 3.63) is 22.4 Å². The summed E-state index contributed by atoms with van der Waals surface area (Å²) in [5.41, 5.74) is 0.654. The fourth-order valence-electron chi connectivity index (χ4n) is 0.682. The Morgan fingerprint density at radius 1 is 1.75 bits per heavy atom. The van der Waals surface area contributed by atoms with Crippen molar-refractivity contribution in [2.45, 2.75) is 0 Å². The number of rotatable bonds is 4. The summed E-state index contributed by atoms with van der Waals surface area (Å²) in [4.78, 5) is 11.2. The van der Waals surface area contributed by atoms with Gasteiger partial charge in [-0.25, -0.2) is 4.79 Å². The second-order valence-corrected chi connectivity index (χ2v) is 3.91. The molecule has 0 aliphatic heterocycles. The third-order valence-corrected chi connectivity index (χ3v) is 2.54. The van der Waals surface area contributed by atoms with E-state index in [0.29, 0.717) is 12.2 Å².